The van der Waals surface area contributed by atoms with Gasteiger partial charge in [0.15, 0.2) is 11.5 Å². The van der Waals surface area contributed by atoms with Crippen LogP contribution in [0.3, 0.4) is 0 Å². The van der Waals surface area contributed by atoms with Crippen LogP contribution in [-0.2, 0) is 7.05 Å². The third-order valence-electron chi connectivity index (χ3n) is 6.62. The van der Waals surface area contributed by atoms with Crippen molar-refractivity contribution in [2.75, 3.05) is 31.5 Å². The predicted molar refractivity (Wildman–Crippen MR) is 125 cm³/mol. The molecule has 2 amide bonds. The second-order valence-corrected chi connectivity index (χ2v) is 8.75. The van der Waals surface area contributed by atoms with Gasteiger partial charge in [0.1, 0.15) is 5.69 Å². The first-order valence-electron chi connectivity index (χ1n) is 11.4. The monoisotopic (exact) mass is 456 g/mol. The highest BCUT2D eigenvalue weighted by atomic mass is 16.2. The standard InChI is InChI=1S/C24H24N8O2/c1-29-21(19(14-25-29)24(34)31-12-11-30-9-8-18(31)15-30)23(33)26-17-7-10-32-20(13-17)27-22(28-32)16-5-3-2-4-6-16/h2-7,10,13-14,18H,8-9,11-12,15H2,1H3,(H,26,33). The average Bonchev–Trinajstić information content (AvgIpc) is 3.56. The van der Waals surface area contributed by atoms with Crippen molar-refractivity contribution < 1.29 is 9.59 Å². The SMILES string of the molecule is Cn1ncc(C(=O)N2CCN3CCC2C3)c1C(=O)Nc1ccn2nc(-c3ccccc3)nc2c1. The van der Waals surface area contributed by atoms with Gasteiger partial charge in [0, 0.05) is 62.8 Å². The maximum absolute atomic E-state index is 13.3. The number of nitrogens with one attached hydrogen (secondary N) is 1. The number of carbonyl (C=O) groups is 2. The van der Waals surface area contributed by atoms with Gasteiger partial charge >= 0.3 is 0 Å². The van der Waals surface area contributed by atoms with Crippen molar-refractivity contribution in [3.05, 3.63) is 66.1 Å². The van der Waals surface area contributed by atoms with Crippen LogP contribution >= 0.6 is 0 Å². The van der Waals surface area contributed by atoms with Gasteiger partial charge in [-0.2, -0.15) is 5.10 Å². The van der Waals surface area contributed by atoms with E-state index < -0.39 is 0 Å². The zero-order valence-electron chi connectivity index (χ0n) is 18.8. The molecular formula is C24H24N8O2. The number of pyridine rings is 1. The van der Waals surface area contributed by atoms with Gasteiger partial charge in [0.05, 0.1) is 11.8 Å². The molecule has 172 valence electrons. The molecule has 2 aliphatic heterocycles. The summed E-state index contributed by atoms with van der Waals surface area (Å²) < 4.78 is 3.12. The third kappa shape index (κ3) is 3.52. The first-order chi connectivity index (χ1) is 16.6. The van der Waals surface area contributed by atoms with Crippen molar-refractivity contribution >= 4 is 23.1 Å². The van der Waals surface area contributed by atoms with Gasteiger partial charge in [-0.05, 0) is 12.5 Å². The summed E-state index contributed by atoms with van der Waals surface area (Å²) in [5.74, 6) is 0.0846. The Labute approximate surface area is 195 Å². The molecule has 2 bridgehead atoms. The van der Waals surface area contributed by atoms with Gasteiger partial charge in [-0.25, -0.2) is 9.50 Å². The normalized spacial score (nSPS) is 19.5. The number of nitrogens with zero attached hydrogens (tertiary/aromatic N) is 7. The van der Waals surface area contributed by atoms with E-state index in [1.54, 1.807) is 29.9 Å². The second-order valence-electron chi connectivity index (χ2n) is 8.75. The molecule has 10 heteroatoms. The van der Waals surface area contributed by atoms with Crippen LogP contribution in [0.4, 0.5) is 5.69 Å². The molecule has 10 nitrogen and oxygen atoms in total. The molecule has 3 aromatic heterocycles. The summed E-state index contributed by atoms with van der Waals surface area (Å²) in [7, 11) is 1.67. The van der Waals surface area contributed by atoms with E-state index in [4.69, 9.17) is 0 Å². The van der Waals surface area contributed by atoms with Crippen molar-refractivity contribution in [3.8, 4) is 11.4 Å². The Kier molecular flexibility index (Phi) is 4.88. The Balaban J connectivity index is 1.25. The maximum Gasteiger partial charge on any atom is 0.274 e. The van der Waals surface area contributed by atoms with Crippen LogP contribution in [0.5, 0.6) is 0 Å². The molecule has 5 heterocycles. The molecule has 2 saturated heterocycles. The van der Waals surface area contributed by atoms with Crippen molar-refractivity contribution in [2.45, 2.75) is 12.5 Å². The molecule has 1 aromatic carbocycles. The van der Waals surface area contributed by atoms with Gasteiger partial charge in [0.2, 0.25) is 0 Å². The molecule has 2 fully saturated rings. The lowest BCUT2D eigenvalue weighted by Gasteiger charge is -2.34. The molecule has 2 unspecified atom stereocenters. The summed E-state index contributed by atoms with van der Waals surface area (Å²) >= 11 is 0. The predicted octanol–water partition coefficient (Wildman–Crippen LogP) is 1.91. The molecule has 0 spiro atoms. The number of aryl methyl sites for hydroxylation is 1. The fraction of sp³-hybridized carbons (Fsp3) is 0.292. The van der Waals surface area contributed by atoms with Gasteiger partial charge in [-0.1, -0.05) is 30.3 Å². The number of hydrogen-bond donors (Lipinski definition) is 1. The Morgan fingerprint density at radius 3 is 2.79 bits per heavy atom. The summed E-state index contributed by atoms with van der Waals surface area (Å²) in [6.45, 7) is 3.46. The van der Waals surface area contributed by atoms with Crippen LogP contribution in [0.1, 0.15) is 27.3 Å². The maximum atomic E-state index is 13.3. The summed E-state index contributed by atoms with van der Waals surface area (Å²) in [6.07, 6.45) is 4.21. The molecule has 1 N–H and O–H groups in total. The van der Waals surface area contributed by atoms with Crippen LogP contribution in [0.25, 0.3) is 17.0 Å². The van der Waals surface area contributed by atoms with E-state index in [9.17, 15) is 9.59 Å². The van der Waals surface area contributed by atoms with E-state index in [2.05, 4.69) is 25.4 Å². The summed E-state index contributed by atoms with van der Waals surface area (Å²) in [6, 6.07) is 13.4. The molecule has 0 aliphatic carbocycles. The Morgan fingerprint density at radius 2 is 1.94 bits per heavy atom. The number of anilines is 1. The summed E-state index contributed by atoms with van der Waals surface area (Å²) in [5.41, 5.74) is 2.66. The summed E-state index contributed by atoms with van der Waals surface area (Å²) in [5, 5.41) is 11.6. The van der Waals surface area contributed by atoms with Crippen LogP contribution in [-0.4, -0.2) is 78.2 Å². The minimum absolute atomic E-state index is 0.134. The molecule has 0 radical (unpaired) electrons. The van der Waals surface area contributed by atoms with Gasteiger partial charge in [-0.3, -0.25) is 19.2 Å². The number of amides is 2. The first kappa shape index (κ1) is 20.5. The van der Waals surface area contributed by atoms with E-state index >= 15 is 0 Å². The number of carbonyl (C=O) groups excluding carboxylic acids is 2. The highest BCUT2D eigenvalue weighted by molar-refractivity contribution is 6.11. The lowest BCUT2D eigenvalue weighted by atomic mass is 10.1. The molecule has 2 aliphatic rings. The second kappa shape index (κ2) is 8.07. The molecule has 4 aromatic rings. The van der Waals surface area contributed by atoms with Crippen LogP contribution < -0.4 is 5.32 Å². The number of benzene rings is 1. The van der Waals surface area contributed by atoms with Crippen LogP contribution in [0, 0.1) is 0 Å². The quantitative estimate of drug-likeness (QED) is 0.504. The topological polar surface area (TPSA) is 101 Å². The van der Waals surface area contributed by atoms with Gasteiger partial charge in [0.25, 0.3) is 11.8 Å². The average molecular weight is 457 g/mol. The highest BCUT2D eigenvalue weighted by Gasteiger charge is 2.37. The fourth-order valence-electron chi connectivity index (χ4n) is 4.85. The van der Waals surface area contributed by atoms with E-state index in [-0.39, 0.29) is 23.6 Å². The highest BCUT2D eigenvalue weighted by Crippen LogP contribution is 2.24. The van der Waals surface area contributed by atoms with Crippen molar-refractivity contribution in [1.82, 2.24) is 34.2 Å². The molecule has 34 heavy (non-hydrogen) atoms. The van der Waals surface area contributed by atoms with Gasteiger partial charge < -0.3 is 10.2 Å². The van der Waals surface area contributed by atoms with Crippen molar-refractivity contribution in [2.24, 2.45) is 7.05 Å². The number of fused-ring (bicyclic) bond motifs is 3. The lowest BCUT2D eigenvalue weighted by molar-refractivity contribution is 0.0606. The van der Waals surface area contributed by atoms with E-state index in [0.29, 0.717) is 29.3 Å². The van der Waals surface area contributed by atoms with Crippen LogP contribution in [0.15, 0.2) is 54.9 Å². The van der Waals surface area contributed by atoms with E-state index in [1.165, 1.54) is 10.9 Å². The first-order valence-corrected chi connectivity index (χ1v) is 11.4. The smallest absolute Gasteiger partial charge is 0.274 e. The zero-order chi connectivity index (χ0) is 23.2. The fourth-order valence-corrected chi connectivity index (χ4v) is 4.85. The van der Waals surface area contributed by atoms with Crippen molar-refractivity contribution in [1.29, 1.82) is 0 Å². The minimum Gasteiger partial charge on any atom is -0.333 e. The number of piperazine rings is 1. The largest absolute Gasteiger partial charge is 0.333 e. The zero-order valence-corrected chi connectivity index (χ0v) is 18.8. The third-order valence-corrected chi connectivity index (χ3v) is 6.62. The Hall–Kier alpha value is -4.05. The minimum atomic E-state index is -0.388. The van der Waals surface area contributed by atoms with Crippen molar-refractivity contribution in [3.63, 3.8) is 0 Å². The van der Waals surface area contributed by atoms with E-state index in [1.807, 2.05) is 35.2 Å². The Morgan fingerprint density at radius 1 is 1.09 bits per heavy atom. The summed E-state index contributed by atoms with van der Waals surface area (Å²) in [4.78, 5) is 35.4. The number of aromatic nitrogens is 5. The lowest BCUT2D eigenvalue weighted by Crippen LogP contribution is -2.49. The Bertz CT molecular complexity index is 1390. The molecule has 2 atom stereocenters. The molecular weight excluding hydrogens is 432 g/mol. The van der Waals surface area contributed by atoms with E-state index in [0.717, 1.165) is 31.6 Å². The number of hydrogen-bond acceptors (Lipinski definition) is 6. The number of rotatable bonds is 4. The molecule has 6 rings (SSSR count). The molecule has 0 saturated carbocycles. The van der Waals surface area contributed by atoms with Gasteiger partial charge in [-0.15, -0.1) is 5.10 Å². The van der Waals surface area contributed by atoms with Crippen LogP contribution in [0.2, 0.25) is 0 Å².